The minimum absolute atomic E-state index is 0.577. The van der Waals surface area contributed by atoms with Gasteiger partial charge in [0.25, 0.3) is 0 Å². The fourth-order valence-electron chi connectivity index (χ4n) is 3.18. The Labute approximate surface area is 170 Å². The van der Waals surface area contributed by atoms with Gasteiger partial charge in [0, 0.05) is 18.7 Å². The molecule has 0 fully saturated rings. The van der Waals surface area contributed by atoms with Crippen molar-refractivity contribution >= 4 is 0 Å². The lowest BCUT2D eigenvalue weighted by Crippen LogP contribution is -2.01. The maximum atomic E-state index is 7.00. The Hall–Kier alpha value is -3.51. The van der Waals surface area contributed by atoms with Crippen molar-refractivity contribution in [3.8, 4) is 34.1 Å². The third-order valence-electron chi connectivity index (χ3n) is 4.61. The monoisotopic (exact) mass is 388 g/mol. The van der Waals surface area contributed by atoms with Crippen LogP contribution >= 0.6 is 0 Å². The molecule has 4 aromatic rings. The van der Waals surface area contributed by atoms with Gasteiger partial charge in [-0.05, 0) is 36.6 Å². The van der Waals surface area contributed by atoms with E-state index >= 15 is 0 Å². The van der Waals surface area contributed by atoms with Gasteiger partial charge >= 0.3 is 0 Å². The van der Waals surface area contributed by atoms with Crippen LogP contribution in [0.2, 0.25) is 0 Å². The average Bonchev–Trinajstić information content (AvgIpc) is 3.17. The zero-order valence-electron chi connectivity index (χ0n) is 17.0. The molecule has 0 bridgehead atoms. The molecular weight excluding hydrogens is 364 g/mol. The summed E-state index contributed by atoms with van der Waals surface area (Å²) in [4.78, 5) is 4.29. The molecular formula is C23H24N4O2. The first kappa shape index (κ1) is 20.2. The van der Waals surface area contributed by atoms with E-state index in [2.05, 4.69) is 70.6 Å². The van der Waals surface area contributed by atoms with Crippen LogP contribution < -0.4 is 4.74 Å². The molecule has 0 saturated carbocycles. The second-order valence-electron chi connectivity index (χ2n) is 6.36. The lowest BCUT2D eigenvalue weighted by Gasteiger charge is -2.10. The number of aromatic nitrogens is 4. The molecule has 1 N–H and O–H groups in total. The summed E-state index contributed by atoms with van der Waals surface area (Å²) < 4.78 is 7.14. The van der Waals surface area contributed by atoms with Crippen LogP contribution in [0.5, 0.6) is 5.88 Å². The first-order chi connectivity index (χ1) is 14.2. The van der Waals surface area contributed by atoms with Crippen molar-refractivity contribution in [1.29, 1.82) is 0 Å². The fourth-order valence-corrected chi connectivity index (χ4v) is 3.18. The summed E-state index contributed by atoms with van der Waals surface area (Å²) in [6.07, 6.45) is 1.76. The van der Waals surface area contributed by atoms with Crippen molar-refractivity contribution in [2.24, 2.45) is 0 Å². The Morgan fingerprint density at radius 1 is 0.828 bits per heavy atom. The second-order valence-corrected chi connectivity index (χ2v) is 6.36. The van der Waals surface area contributed by atoms with Crippen molar-refractivity contribution in [2.75, 3.05) is 14.2 Å². The van der Waals surface area contributed by atoms with Gasteiger partial charge in [-0.25, -0.2) is 4.98 Å². The Balaban J connectivity index is 0.00000117. The highest BCUT2D eigenvalue weighted by atomic mass is 16.5. The van der Waals surface area contributed by atoms with E-state index in [1.165, 1.54) is 16.7 Å². The minimum atomic E-state index is 0.577. The van der Waals surface area contributed by atoms with Gasteiger partial charge in [-0.1, -0.05) is 48.5 Å². The van der Waals surface area contributed by atoms with Crippen LogP contribution in [0, 0.1) is 13.8 Å². The number of hydrogen-bond donors (Lipinski definition) is 1. The van der Waals surface area contributed by atoms with Gasteiger partial charge in [-0.2, -0.15) is 0 Å². The number of nitrogens with zero attached hydrogens (tertiary/aromatic N) is 4. The molecule has 0 unspecified atom stereocenters. The third kappa shape index (κ3) is 4.17. The van der Waals surface area contributed by atoms with Crippen molar-refractivity contribution in [3.05, 3.63) is 78.2 Å². The first-order valence-electron chi connectivity index (χ1n) is 9.21. The molecule has 0 saturated heterocycles. The van der Waals surface area contributed by atoms with E-state index in [9.17, 15) is 0 Å². The van der Waals surface area contributed by atoms with E-state index in [0.29, 0.717) is 5.88 Å². The molecule has 2 heterocycles. The van der Waals surface area contributed by atoms with Crippen molar-refractivity contribution < 1.29 is 9.84 Å². The Morgan fingerprint density at radius 3 is 2.14 bits per heavy atom. The largest absolute Gasteiger partial charge is 0.481 e. The summed E-state index contributed by atoms with van der Waals surface area (Å²) in [5.41, 5.74) is 5.58. The van der Waals surface area contributed by atoms with Gasteiger partial charge in [0.2, 0.25) is 5.88 Å². The van der Waals surface area contributed by atoms with Crippen LogP contribution in [0.3, 0.4) is 0 Å². The lowest BCUT2D eigenvalue weighted by molar-refractivity contribution is 0.398. The molecule has 0 spiro atoms. The number of pyridine rings is 1. The average molecular weight is 388 g/mol. The molecule has 29 heavy (non-hydrogen) atoms. The van der Waals surface area contributed by atoms with Crippen molar-refractivity contribution in [3.63, 3.8) is 0 Å². The number of rotatable bonds is 4. The van der Waals surface area contributed by atoms with Gasteiger partial charge in [-0.15, -0.1) is 10.2 Å². The minimum Gasteiger partial charge on any atom is -0.481 e. The number of ether oxygens (including phenoxy) is 1. The van der Waals surface area contributed by atoms with E-state index in [0.717, 1.165) is 30.0 Å². The fraction of sp³-hybridized carbons (Fsp3) is 0.174. The van der Waals surface area contributed by atoms with E-state index in [-0.39, 0.29) is 0 Å². The maximum Gasteiger partial charge on any atom is 0.213 e. The van der Waals surface area contributed by atoms with Gasteiger partial charge < -0.3 is 9.84 Å². The predicted molar refractivity (Wildman–Crippen MR) is 114 cm³/mol. The third-order valence-corrected chi connectivity index (χ3v) is 4.61. The SMILES string of the molecule is CO.COc1ccc(-n2c(C)nnc2-c2ccc(-c3ccccc3C)cc2)cn1. The van der Waals surface area contributed by atoms with Gasteiger partial charge in [0.1, 0.15) is 5.82 Å². The highest BCUT2D eigenvalue weighted by Crippen LogP contribution is 2.28. The zero-order chi connectivity index (χ0) is 20.8. The summed E-state index contributed by atoms with van der Waals surface area (Å²) in [6.45, 7) is 4.06. The standard InChI is InChI=1S/C22H20N4O.CH4O/c1-15-6-4-5-7-20(15)17-8-10-18(11-9-17)22-25-24-16(2)26(22)19-12-13-21(27-3)23-14-19;1-2/h4-14H,1-3H3;2H,1H3. The smallest absolute Gasteiger partial charge is 0.213 e. The number of aryl methyl sites for hydroxylation is 2. The summed E-state index contributed by atoms with van der Waals surface area (Å²) in [7, 11) is 2.60. The topological polar surface area (TPSA) is 73.1 Å². The number of benzene rings is 2. The van der Waals surface area contributed by atoms with Crippen LogP contribution in [0.4, 0.5) is 0 Å². The molecule has 4 rings (SSSR count). The normalized spacial score (nSPS) is 10.2. The van der Waals surface area contributed by atoms with E-state index in [4.69, 9.17) is 9.84 Å². The van der Waals surface area contributed by atoms with Crippen LogP contribution in [0.1, 0.15) is 11.4 Å². The molecule has 0 aliphatic carbocycles. The molecule has 148 valence electrons. The van der Waals surface area contributed by atoms with E-state index < -0.39 is 0 Å². The Morgan fingerprint density at radius 2 is 1.52 bits per heavy atom. The Bertz CT molecular complexity index is 1070. The van der Waals surface area contributed by atoms with Crippen LogP contribution in [-0.2, 0) is 0 Å². The number of methoxy groups -OCH3 is 1. The summed E-state index contributed by atoms with van der Waals surface area (Å²) in [5.74, 6) is 2.17. The summed E-state index contributed by atoms with van der Waals surface area (Å²) in [5, 5.41) is 15.6. The van der Waals surface area contributed by atoms with E-state index in [1.54, 1.807) is 13.3 Å². The summed E-state index contributed by atoms with van der Waals surface area (Å²) in [6, 6.07) is 20.6. The lowest BCUT2D eigenvalue weighted by atomic mass is 9.99. The number of aliphatic hydroxyl groups is 1. The quantitative estimate of drug-likeness (QED) is 0.566. The molecule has 6 nitrogen and oxygen atoms in total. The zero-order valence-corrected chi connectivity index (χ0v) is 17.0. The van der Waals surface area contributed by atoms with Crippen molar-refractivity contribution in [1.82, 2.24) is 19.7 Å². The molecule has 0 atom stereocenters. The molecule has 0 aliphatic heterocycles. The highest BCUT2D eigenvalue weighted by molar-refractivity contribution is 5.70. The predicted octanol–water partition coefficient (Wildman–Crippen LogP) is 4.23. The Kier molecular flexibility index (Phi) is 6.36. The maximum absolute atomic E-state index is 7.00. The van der Waals surface area contributed by atoms with E-state index in [1.807, 2.05) is 23.6 Å². The van der Waals surface area contributed by atoms with Crippen molar-refractivity contribution in [2.45, 2.75) is 13.8 Å². The molecule has 2 aromatic carbocycles. The highest BCUT2D eigenvalue weighted by Gasteiger charge is 2.13. The van der Waals surface area contributed by atoms with Crippen LogP contribution in [0.25, 0.3) is 28.2 Å². The van der Waals surface area contributed by atoms with Crippen LogP contribution in [-0.4, -0.2) is 39.1 Å². The number of hydrogen-bond acceptors (Lipinski definition) is 5. The molecule has 6 heteroatoms. The van der Waals surface area contributed by atoms with Gasteiger partial charge in [0.15, 0.2) is 5.82 Å². The molecule has 0 amide bonds. The molecule has 0 radical (unpaired) electrons. The van der Waals surface area contributed by atoms with Gasteiger partial charge in [0.05, 0.1) is 19.0 Å². The molecule has 2 aromatic heterocycles. The second kappa shape index (κ2) is 9.12. The number of aliphatic hydroxyl groups excluding tert-OH is 1. The summed E-state index contributed by atoms with van der Waals surface area (Å²) >= 11 is 0. The van der Waals surface area contributed by atoms with Crippen LogP contribution in [0.15, 0.2) is 66.9 Å². The molecule has 0 aliphatic rings. The first-order valence-corrected chi connectivity index (χ1v) is 9.21. The van der Waals surface area contributed by atoms with Gasteiger partial charge in [-0.3, -0.25) is 4.57 Å².